The van der Waals surface area contributed by atoms with Crippen molar-refractivity contribution in [3.63, 3.8) is 0 Å². The van der Waals surface area contributed by atoms with Gasteiger partial charge in [0.1, 0.15) is 11.3 Å². The minimum Gasteiger partial charge on any atom is -0.450 e. The number of nitrogens with zero attached hydrogens (tertiary/aromatic N) is 3. The molecule has 2 aromatic rings. The van der Waals surface area contributed by atoms with Crippen molar-refractivity contribution < 1.29 is 9.53 Å². The number of nitrogens with one attached hydrogen (secondary N) is 2. The van der Waals surface area contributed by atoms with Crippen LogP contribution in [-0.4, -0.2) is 33.1 Å². The van der Waals surface area contributed by atoms with E-state index < -0.39 is 6.09 Å². The summed E-state index contributed by atoms with van der Waals surface area (Å²) in [7, 11) is 0. The summed E-state index contributed by atoms with van der Waals surface area (Å²) in [6.07, 6.45) is -0.534. The molecule has 0 saturated carbocycles. The molecule has 15 heavy (non-hydrogen) atoms. The number of aromatic nitrogens is 4. The summed E-state index contributed by atoms with van der Waals surface area (Å²) in [5, 5.41) is 12.5. The Balaban J connectivity index is 2.17. The molecule has 7 heteroatoms. The van der Waals surface area contributed by atoms with Gasteiger partial charge in [0, 0.05) is 0 Å². The minimum absolute atomic E-state index is 0.317. The van der Waals surface area contributed by atoms with E-state index in [0.29, 0.717) is 23.6 Å². The topological polar surface area (TPSA) is 92.8 Å². The number of fused-ring (bicyclic) bond motifs is 1. The predicted octanol–water partition coefficient (Wildman–Crippen LogP) is 0.921. The van der Waals surface area contributed by atoms with E-state index in [4.69, 9.17) is 4.74 Å². The van der Waals surface area contributed by atoms with E-state index in [-0.39, 0.29) is 0 Å². The van der Waals surface area contributed by atoms with E-state index in [1.54, 1.807) is 19.1 Å². The third-order valence-electron chi connectivity index (χ3n) is 1.69. The molecular formula is C8H9N5O2. The summed E-state index contributed by atoms with van der Waals surface area (Å²) in [4.78, 5) is 15.1. The zero-order valence-electron chi connectivity index (χ0n) is 8.02. The molecule has 0 bridgehead atoms. The lowest BCUT2D eigenvalue weighted by molar-refractivity contribution is 0.168. The highest BCUT2D eigenvalue weighted by atomic mass is 16.5. The van der Waals surface area contributed by atoms with Crippen molar-refractivity contribution >= 4 is 23.1 Å². The van der Waals surface area contributed by atoms with Crippen LogP contribution in [0, 0.1) is 0 Å². The molecule has 78 valence electrons. The number of pyridine rings is 1. The Bertz CT molecular complexity index is 481. The molecule has 0 unspecified atom stereocenters. The summed E-state index contributed by atoms with van der Waals surface area (Å²) in [5.41, 5.74) is 1.09. The van der Waals surface area contributed by atoms with Gasteiger partial charge in [0.15, 0.2) is 0 Å². The molecule has 0 aliphatic carbocycles. The summed E-state index contributed by atoms with van der Waals surface area (Å²) in [6.45, 7) is 2.05. The Labute approximate surface area is 84.8 Å². The number of hydrogen-bond acceptors (Lipinski definition) is 5. The lowest BCUT2D eigenvalue weighted by atomic mass is 10.4. The van der Waals surface area contributed by atoms with Crippen LogP contribution in [0.1, 0.15) is 6.92 Å². The molecule has 7 nitrogen and oxygen atoms in total. The summed E-state index contributed by atoms with van der Waals surface area (Å²) < 4.78 is 4.71. The molecule has 0 radical (unpaired) electrons. The zero-order valence-corrected chi connectivity index (χ0v) is 8.02. The molecule has 2 N–H and O–H groups in total. The van der Waals surface area contributed by atoms with Crippen LogP contribution in [0.5, 0.6) is 0 Å². The lowest BCUT2D eigenvalue weighted by Crippen LogP contribution is -2.14. The Hall–Kier alpha value is -2.18. The summed E-state index contributed by atoms with van der Waals surface area (Å²) in [5.74, 6) is 0.384. The first-order valence-electron chi connectivity index (χ1n) is 4.41. The fraction of sp³-hybridized carbons (Fsp3) is 0.250. The number of carbonyl (C=O) groups excluding carboxylic acids is 1. The Kier molecular flexibility index (Phi) is 2.44. The van der Waals surface area contributed by atoms with Gasteiger partial charge < -0.3 is 4.74 Å². The van der Waals surface area contributed by atoms with Crippen molar-refractivity contribution in [1.29, 1.82) is 0 Å². The van der Waals surface area contributed by atoms with Gasteiger partial charge in [-0.2, -0.15) is 10.3 Å². The van der Waals surface area contributed by atoms with Gasteiger partial charge in [0.05, 0.1) is 6.61 Å². The molecule has 0 aliphatic heterocycles. The molecule has 0 fully saturated rings. The summed E-state index contributed by atoms with van der Waals surface area (Å²) >= 11 is 0. The fourth-order valence-corrected chi connectivity index (χ4v) is 1.08. The molecule has 0 atom stereocenters. The number of anilines is 1. The average molecular weight is 207 g/mol. The highest BCUT2D eigenvalue weighted by Gasteiger charge is 2.05. The predicted molar refractivity (Wildman–Crippen MR) is 52.3 cm³/mol. The smallest absolute Gasteiger partial charge is 0.412 e. The molecule has 0 spiro atoms. The van der Waals surface area contributed by atoms with Crippen LogP contribution in [0.4, 0.5) is 10.6 Å². The van der Waals surface area contributed by atoms with Crippen LogP contribution in [0.15, 0.2) is 12.1 Å². The first-order valence-corrected chi connectivity index (χ1v) is 4.41. The molecule has 1 amide bonds. The van der Waals surface area contributed by atoms with Gasteiger partial charge in [-0.25, -0.2) is 9.78 Å². The zero-order chi connectivity index (χ0) is 10.7. The average Bonchev–Trinajstić information content (AvgIpc) is 2.65. The van der Waals surface area contributed by atoms with Crippen molar-refractivity contribution in [2.45, 2.75) is 6.92 Å². The van der Waals surface area contributed by atoms with E-state index in [9.17, 15) is 4.79 Å². The second-order valence-corrected chi connectivity index (χ2v) is 2.71. The van der Waals surface area contributed by atoms with Crippen LogP contribution in [0.25, 0.3) is 11.2 Å². The number of carbonyl (C=O) groups is 1. The van der Waals surface area contributed by atoms with Crippen LogP contribution >= 0.6 is 0 Å². The normalized spacial score (nSPS) is 10.2. The van der Waals surface area contributed by atoms with Crippen molar-refractivity contribution in [3.8, 4) is 0 Å². The largest absolute Gasteiger partial charge is 0.450 e. The molecule has 2 rings (SSSR count). The van der Waals surface area contributed by atoms with Crippen LogP contribution in [-0.2, 0) is 4.74 Å². The minimum atomic E-state index is -0.534. The van der Waals surface area contributed by atoms with Crippen molar-refractivity contribution in [3.05, 3.63) is 12.1 Å². The number of H-pyrrole nitrogens is 1. The summed E-state index contributed by atoms with van der Waals surface area (Å²) in [6, 6.07) is 3.33. The second-order valence-electron chi connectivity index (χ2n) is 2.71. The monoisotopic (exact) mass is 207 g/mol. The van der Waals surface area contributed by atoms with E-state index in [1.807, 2.05) is 0 Å². The highest BCUT2D eigenvalue weighted by Crippen LogP contribution is 2.09. The van der Waals surface area contributed by atoms with Gasteiger partial charge in [-0.3, -0.25) is 5.32 Å². The van der Waals surface area contributed by atoms with Crippen molar-refractivity contribution in [2.75, 3.05) is 11.9 Å². The van der Waals surface area contributed by atoms with Gasteiger partial charge in [-0.15, -0.1) is 5.10 Å². The third kappa shape index (κ3) is 2.01. The highest BCUT2D eigenvalue weighted by molar-refractivity contribution is 5.84. The van der Waals surface area contributed by atoms with E-state index in [1.165, 1.54) is 0 Å². The number of ether oxygens (including phenoxy) is 1. The Morgan fingerprint density at radius 2 is 2.40 bits per heavy atom. The maximum absolute atomic E-state index is 11.1. The third-order valence-corrected chi connectivity index (χ3v) is 1.69. The first kappa shape index (κ1) is 9.38. The standard InChI is InChI=1S/C8H9N5O2/c1-2-15-8(14)10-6-4-3-5-7(9-6)12-13-11-5/h3-4H,2H2,1H3,(H2,9,10,11,12,13,14). The van der Waals surface area contributed by atoms with Crippen molar-refractivity contribution in [2.24, 2.45) is 0 Å². The molecule has 0 aromatic carbocycles. The van der Waals surface area contributed by atoms with Crippen LogP contribution in [0.2, 0.25) is 0 Å². The molecule has 2 aromatic heterocycles. The van der Waals surface area contributed by atoms with Crippen LogP contribution in [0.3, 0.4) is 0 Å². The number of amides is 1. The van der Waals surface area contributed by atoms with Gasteiger partial charge in [0.25, 0.3) is 0 Å². The number of rotatable bonds is 2. The van der Waals surface area contributed by atoms with Gasteiger partial charge in [-0.1, -0.05) is 0 Å². The van der Waals surface area contributed by atoms with E-state index in [0.717, 1.165) is 0 Å². The van der Waals surface area contributed by atoms with E-state index >= 15 is 0 Å². The number of hydrogen-bond donors (Lipinski definition) is 2. The quantitative estimate of drug-likeness (QED) is 0.763. The first-order chi connectivity index (χ1) is 7.29. The van der Waals surface area contributed by atoms with Crippen molar-refractivity contribution in [1.82, 2.24) is 20.4 Å². The molecule has 2 heterocycles. The number of aromatic amines is 1. The Morgan fingerprint density at radius 3 is 3.20 bits per heavy atom. The Morgan fingerprint density at radius 1 is 1.53 bits per heavy atom. The lowest BCUT2D eigenvalue weighted by Gasteiger charge is -2.02. The molecule has 0 aliphatic rings. The maximum Gasteiger partial charge on any atom is 0.412 e. The second kappa shape index (κ2) is 3.91. The maximum atomic E-state index is 11.1. The van der Waals surface area contributed by atoms with Gasteiger partial charge in [0.2, 0.25) is 5.65 Å². The van der Waals surface area contributed by atoms with Gasteiger partial charge in [-0.05, 0) is 19.1 Å². The van der Waals surface area contributed by atoms with Crippen LogP contribution < -0.4 is 5.32 Å². The molecular weight excluding hydrogens is 198 g/mol. The van der Waals surface area contributed by atoms with Gasteiger partial charge >= 0.3 is 6.09 Å². The van der Waals surface area contributed by atoms with E-state index in [2.05, 4.69) is 25.7 Å². The SMILES string of the molecule is CCOC(=O)Nc1ccc2n[nH]nc2n1. The fourth-order valence-electron chi connectivity index (χ4n) is 1.08. The molecule has 0 saturated heterocycles.